The summed E-state index contributed by atoms with van der Waals surface area (Å²) in [7, 11) is 0. The van der Waals surface area contributed by atoms with Crippen LogP contribution in [-0.2, 0) is 0 Å². The molecule has 1 saturated heterocycles. The van der Waals surface area contributed by atoms with Crippen molar-refractivity contribution in [1.29, 1.82) is 0 Å². The Morgan fingerprint density at radius 1 is 1.10 bits per heavy atom. The fourth-order valence-electron chi connectivity index (χ4n) is 6.40. The van der Waals surface area contributed by atoms with E-state index in [1.165, 1.54) is 60.1 Å². The highest BCUT2D eigenvalue weighted by molar-refractivity contribution is 5.72. The van der Waals surface area contributed by atoms with Crippen molar-refractivity contribution in [2.24, 2.45) is 5.41 Å². The number of hydrogen-bond donors (Lipinski definition) is 0. The highest BCUT2D eigenvalue weighted by atomic mass is 15.2. The zero-order valence-corrected chi connectivity index (χ0v) is 20.6. The van der Waals surface area contributed by atoms with Crippen molar-refractivity contribution in [3.05, 3.63) is 70.8 Å². The van der Waals surface area contributed by atoms with Crippen molar-refractivity contribution in [3.8, 4) is 11.1 Å². The van der Waals surface area contributed by atoms with Gasteiger partial charge in [-0.05, 0) is 85.4 Å². The third kappa shape index (κ3) is 4.02. The molecule has 0 spiro atoms. The molecule has 5 rings (SSSR count). The summed E-state index contributed by atoms with van der Waals surface area (Å²) in [4.78, 5) is 2.87. The van der Waals surface area contributed by atoms with Crippen LogP contribution in [-0.4, -0.2) is 17.5 Å². The van der Waals surface area contributed by atoms with Gasteiger partial charge in [-0.3, -0.25) is 4.90 Å². The van der Waals surface area contributed by atoms with Crippen LogP contribution in [0.4, 0.5) is 0 Å². The van der Waals surface area contributed by atoms with Crippen LogP contribution >= 0.6 is 0 Å². The van der Waals surface area contributed by atoms with Crippen molar-refractivity contribution in [3.63, 3.8) is 0 Å². The van der Waals surface area contributed by atoms with Gasteiger partial charge in [0, 0.05) is 18.0 Å². The van der Waals surface area contributed by atoms with Crippen LogP contribution in [0.15, 0.2) is 48.6 Å². The van der Waals surface area contributed by atoms with Gasteiger partial charge < -0.3 is 0 Å². The van der Waals surface area contributed by atoms with Crippen molar-refractivity contribution >= 4 is 0 Å². The molecule has 1 heteroatoms. The van der Waals surface area contributed by atoms with E-state index in [-0.39, 0.29) is 0 Å². The third-order valence-corrected chi connectivity index (χ3v) is 7.98. The monoisotopic (exact) mass is 415 g/mol. The molecular formula is C30H41N. The fourth-order valence-corrected chi connectivity index (χ4v) is 6.40. The first-order valence-electron chi connectivity index (χ1n) is 12.3. The molecule has 0 N–H and O–H groups in total. The maximum Gasteiger partial charge on any atom is 0.0359 e. The molecule has 1 nitrogen and oxygen atoms in total. The first-order valence-corrected chi connectivity index (χ1v) is 12.3. The number of nitrogens with zero attached hydrogens (tertiary/aromatic N) is 1. The van der Waals surface area contributed by atoms with Gasteiger partial charge in [0.05, 0.1) is 0 Å². The van der Waals surface area contributed by atoms with Gasteiger partial charge in [-0.25, -0.2) is 0 Å². The zero-order chi connectivity index (χ0) is 22.3. The second-order valence-corrected chi connectivity index (χ2v) is 11.0. The van der Waals surface area contributed by atoms with Crippen LogP contribution in [0, 0.1) is 19.3 Å². The lowest BCUT2D eigenvalue weighted by molar-refractivity contribution is -0.0261. The molecular weight excluding hydrogens is 374 g/mol. The lowest BCUT2D eigenvalue weighted by Gasteiger charge is -2.60. The third-order valence-electron chi connectivity index (χ3n) is 7.98. The van der Waals surface area contributed by atoms with Crippen LogP contribution in [0.3, 0.4) is 0 Å². The number of hydrogen-bond acceptors (Lipinski definition) is 1. The van der Waals surface area contributed by atoms with Gasteiger partial charge in [0.2, 0.25) is 0 Å². The van der Waals surface area contributed by atoms with Gasteiger partial charge in [-0.2, -0.15) is 0 Å². The lowest BCUT2D eigenvalue weighted by Crippen LogP contribution is -2.56. The van der Waals surface area contributed by atoms with E-state index in [4.69, 9.17) is 0 Å². The Balaban J connectivity index is 1.87. The molecule has 1 fully saturated rings. The first-order chi connectivity index (χ1) is 14.7. The van der Waals surface area contributed by atoms with E-state index in [2.05, 4.69) is 89.4 Å². The average Bonchev–Trinajstić information content (AvgIpc) is 2.70. The number of benzene rings is 2. The summed E-state index contributed by atoms with van der Waals surface area (Å²) in [6, 6.07) is 15.2. The van der Waals surface area contributed by atoms with Gasteiger partial charge in [0.25, 0.3) is 0 Å². The maximum atomic E-state index is 4.34. The molecule has 31 heavy (non-hydrogen) atoms. The number of fused-ring (bicyclic) bond motifs is 2. The normalized spacial score (nSPS) is 24.3. The van der Waals surface area contributed by atoms with Gasteiger partial charge in [-0.1, -0.05) is 75.6 Å². The number of piperidine rings is 1. The van der Waals surface area contributed by atoms with Crippen molar-refractivity contribution in [2.45, 2.75) is 91.6 Å². The Kier molecular flexibility index (Phi) is 6.19. The Hall–Kier alpha value is -1.86. The summed E-state index contributed by atoms with van der Waals surface area (Å²) in [5, 5.41) is 0. The minimum Gasteiger partial charge on any atom is -0.292 e. The minimum absolute atomic E-state index is 0.300. The number of aryl methyl sites for hydroxylation is 2. The van der Waals surface area contributed by atoms with Crippen LogP contribution in [0.2, 0.25) is 0 Å². The van der Waals surface area contributed by atoms with Crippen LogP contribution in [0.25, 0.3) is 11.1 Å². The van der Waals surface area contributed by atoms with Crippen LogP contribution < -0.4 is 0 Å². The van der Waals surface area contributed by atoms with Crippen molar-refractivity contribution in [2.75, 3.05) is 6.54 Å². The molecule has 3 unspecified atom stereocenters. The first kappa shape index (κ1) is 22.3. The quantitative estimate of drug-likeness (QED) is 0.324. The predicted octanol–water partition coefficient (Wildman–Crippen LogP) is 8.37. The number of rotatable bonds is 7. The van der Waals surface area contributed by atoms with Crippen LogP contribution in [0.5, 0.6) is 0 Å². The highest BCUT2D eigenvalue weighted by Crippen LogP contribution is 2.61. The van der Waals surface area contributed by atoms with Gasteiger partial charge in [0.1, 0.15) is 0 Å². The summed E-state index contributed by atoms with van der Waals surface area (Å²) >= 11 is 0. The van der Waals surface area contributed by atoms with Gasteiger partial charge in [0.15, 0.2) is 0 Å². The lowest BCUT2D eigenvalue weighted by atomic mass is 9.56. The molecule has 0 aromatic heterocycles. The molecule has 2 aliphatic heterocycles. The topological polar surface area (TPSA) is 3.24 Å². The Bertz CT molecular complexity index is 966. The molecule has 0 amide bonds. The Labute approximate surface area is 190 Å². The van der Waals surface area contributed by atoms with E-state index in [1.54, 1.807) is 11.1 Å². The summed E-state index contributed by atoms with van der Waals surface area (Å²) in [6.45, 7) is 19.6. The second kappa shape index (κ2) is 8.58. The Morgan fingerprint density at radius 3 is 2.55 bits per heavy atom. The van der Waals surface area contributed by atoms with E-state index in [0.29, 0.717) is 23.4 Å². The van der Waals surface area contributed by atoms with Gasteiger partial charge in [-0.15, -0.1) is 6.58 Å². The molecule has 1 aliphatic carbocycles. The standard InChI is InChI=1S/C30H41N/c1-8-9-10-16-31-26(17-20(2)3)29-28-24(23-15-14-21(4)22(5)18-23)12-11-13-25(28)27(31)19-30(29,6)7/h11-15,18,26-27,29H,2,8-10,16-17,19H2,1,3-7H3. The molecule has 2 bridgehead atoms. The summed E-state index contributed by atoms with van der Waals surface area (Å²) in [5.41, 5.74) is 10.4. The summed E-state index contributed by atoms with van der Waals surface area (Å²) in [6.07, 6.45) is 6.29. The van der Waals surface area contributed by atoms with Crippen molar-refractivity contribution < 1.29 is 0 Å². The molecule has 3 aliphatic rings. The summed E-state index contributed by atoms with van der Waals surface area (Å²) in [5.74, 6) is 0.545. The molecule has 166 valence electrons. The van der Waals surface area contributed by atoms with E-state index >= 15 is 0 Å². The SMILES string of the molecule is C=C(C)CC1C2c3c(-c4ccc(C)c(C)c4)cccc3C(CC2(C)C)N1CCCCC. The molecule has 3 atom stereocenters. The smallest absolute Gasteiger partial charge is 0.0359 e. The predicted molar refractivity (Wildman–Crippen MR) is 135 cm³/mol. The second-order valence-electron chi connectivity index (χ2n) is 11.0. The zero-order valence-electron chi connectivity index (χ0n) is 20.6. The fraction of sp³-hybridized carbons (Fsp3) is 0.533. The summed E-state index contributed by atoms with van der Waals surface area (Å²) < 4.78 is 0. The number of unbranched alkanes of at least 4 members (excludes halogenated alkanes) is 2. The highest BCUT2D eigenvalue weighted by Gasteiger charge is 2.53. The van der Waals surface area contributed by atoms with E-state index < -0.39 is 0 Å². The van der Waals surface area contributed by atoms with E-state index in [9.17, 15) is 0 Å². The molecule has 0 radical (unpaired) electrons. The van der Waals surface area contributed by atoms with Gasteiger partial charge >= 0.3 is 0 Å². The molecule has 2 aromatic carbocycles. The van der Waals surface area contributed by atoms with E-state index in [1.807, 2.05) is 0 Å². The molecule has 0 saturated carbocycles. The minimum atomic E-state index is 0.300. The largest absolute Gasteiger partial charge is 0.292 e. The Morgan fingerprint density at radius 2 is 1.87 bits per heavy atom. The molecule has 2 heterocycles. The van der Waals surface area contributed by atoms with Crippen LogP contribution in [0.1, 0.15) is 94.0 Å². The molecule has 2 aromatic rings. The van der Waals surface area contributed by atoms with Crippen molar-refractivity contribution in [1.82, 2.24) is 4.90 Å². The average molecular weight is 416 g/mol. The maximum absolute atomic E-state index is 4.34. The van der Waals surface area contributed by atoms with E-state index in [0.717, 1.165) is 6.42 Å².